The molecule has 0 unspecified atom stereocenters. The molecule has 0 atom stereocenters. The highest BCUT2D eigenvalue weighted by Gasteiger charge is 2.22. The fourth-order valence-corrected chi connectivity index (χ4v) is 2.45. The van der Waals surface area contributed by atoms with Crippen LogP contribution in [0.15, 0.2) is 23.2 Å². The Morgan fingerprint density at radius 3 is 2.65 bits per heavy atom. The number of nitrogen functional groups attached to an aromatic ring is 1. The van der Waals surface area contributed by atoms with E-state index in [-0.39, 0.29) is 16.1 Å². The zero-order valence-corrected chi connectivity index (χ0v) is 11.2. The molecule has 0 amide bonds. The average Bonchev–Trinajstić information content (AvgIpc) is 2.27. The molecule has 5 nitrogen and oxygen atoms in total. The SMILES string of the molecule is CCC(C)(C)CNS(=O)(=O)c1cccnc1N. The van der Waals surface area contributed by atoms with E-state index < -0.39 is 10.0 Å². The van der Waals surface area contributed by atoms with Gasteiger partial charge in [-0.05, 0) is 24.0 Å². The molecule has 0 aliphatic carbocycles. The number of aromatic nitrogens is 1. The Hall–Kier alpha value is -1.14. The molecular weight excluding hydrogens is 238 g/mol. The van der Waals surface area contributed by atoms with E-state index in [9.17, 15) is 8.42 Å². The first-order valence-corrected chi connectivity index (χ1v) is 6.97. The highest BCUT2D eigenvalue weighted by atomic mass is 32.2. The van der Waals surface area contributed by atoms with E-state index in [0.717, 1.165) is 6.42 Å². The third-order valence-electron chi connectivity index (χ3n) is 2.79. The summed E-state index contributed by atoms with van der Waals surface area (Å²) in [7, 11) is -3.57. The molecule has 0 aliphatic heterocycles. The van der Waals surface area contributed by atoms with Crippen LogP contribution in [-0.2, 0) is 10.0 Å². The van der Waals surface area contributed by atoms with Crippen molar-refractivity contribution in [2.75, 3.05) is 12.3 Å². The Bertz CT molecular complexity index is 483. The Labute approximate surface area is 102 Å². The lowest BCUT2D eigenvalue weighted by atomic mass is 9.91. The number of sulfonamides is 1. The number of hydrogen-bond acceptors (Lipinski definition) is 4. The summed E-state index contributed by atoms with van der Waals surface area (Å²) in [6, 6.07) is 3.00. The van der Waals surface area contributed by atoms with Crippen molar-refractivity contribution in [2.45, 2.75) is 32.1 Å². The molecule has 3 N–H and O–H groups in total. The number of nitrogens with one attached hydrogen (secondary N) is 1. The van der Waals surface area contributed by atoms with Gasteiger partial charge in [-0.1, -0.05) is 20.8 Å². The highest BCUT2D eigenvalue weighted by molar-refractivity contribution is 7.89. The molecule has 1 rings (SSSR count). The Morgan fingerprint density at radius 1 is 1.47 bits per heavy atom. The van der Waals surface area contributed by atoms with Gasteiger partial charge in [0.1, 0.15) is 10.7 Å². The second-order valence-corrected chi connectivity index (χ2v) is 6.46. The summed E-state index contributed by atoms with van der Waals surface area (Å²) in [5.74, 6) is 0.0225. The van der Waals surface area contributed by atoms with E-state index in [1.807, 2.05) is 20.8 Å². The molecule has 1 aromatic rings. The summed E-state index contributed by atoms with van der Waals surface area (Å²) in [6.45, 7) is 6.40. The number of hydrogen-bond donors (Lipinski definition) is 2. The van der Waals surface area contributed by atoms with Crippen molar-refractivity contribution in [3.8, 4) is 0 Å². The first-order chi connectivity index (χ1) is 7.78. The average molecular weight is 257 g/mol. The summed E-state index contributed by atoms with van der Waals surface area (Å²) in [4.78, 5) is 3.80. The van der Waals surface area contributed by atoms with Crippen LogP contribution in [0.2, 0.25) is 0 Å². The molecule has 1 aromatic heterocycles. The highest BCUT2D eigenvalue weighted by Crippen LogP contribution is 2.20. The molecule has 0 fully saturated rings. The molecule has 0 spiro atoms. The van der Waals surface area contributed by atoms with Gasteiger partial charge in [0.2, 0.25) is 10.0 Å². The van der Waals surface area contributed by atoms with Crippen molar-refractivity contribution >= 4 is 15.8 Å². The quantitative estimate of drug-likeness (QED) is 0.834. The predicted molar refractivity (Wildman–Crippen MR) is 67.9 cm³/mol. The zero-order chi connectivity index (χ0) is 13.1. The molecule has 0 saturated heterocycles. The van der Waals surface area contributed by atoms with Crippen LogP contribution in [-0.4, -0.2) is 19.9 Å². The predicted octanol–water partition coefficient (Wildman–Crippen LogP) is 1.38. The lowest BCUT2D eigenvalue weighted by Crippen LogP contribution is -2.34. The van der Waals surface area contributed by atoms with Crippen molar-refractivity contribution in [3.05, 3.63) is 18.3 Å². The normalized spacial score (nSPS) is 12.6. The second-order valence-electron chi connectivity index (χ2n) is 4.73. The zero-order valence-electron chi connectivity index (χ0n) is 10.4. The number of nitrogens with two attached hydrogens (primary N) is 1. The van der Waals surface area contributed by atoms with Crippen LogP contribution in [0.4, 0.5) is 5.82 Å². The van der Waals surface area contributed by atoms with Gasteiger partial charge < -0.3 is 5.73 Å². The Balaban J connectivity index is 2.88. The third-order valence-corrected chi connectivity index (χ3v) is 4.24. The summed E-state index contributed by atoms with van der Waals surface area (Å²) < 4.78 is 26.5. The van der Waals surface area contributed by atoms with E-state index in [4.69, 9.17) is 5.73 Å². The maximum Gasteiger partial charge on any atom is 0.244 e. The van der Waals surface area contributed by atoms with E-state index in [2.05, 4.69) is 9.71 Å². The fraction of sp³-hybridized carbons (Fsp3) is 0.545. The fourth-order valence-electron chi connectivity index (χ4n) is 1.12. The molecule has 96 valence electrons. The van der Waals surface area contributed by atoms with Crippen LogP contribution in [0.1, 0.15) is 27.2 Å². The molecule has 0 radical (unpaired) electrons. The number of pyridine rings is 1. The summed E-state index contributed by atoms with van der Waals surface area (Å²) in [6.07, 6.45) is 2.35. The van der Waals surface area contributed by atoms with Crippen LogP contribution < -0.4 is 10.5 Å². The Kier molecular flexibility index (Phi) is 4.11. The number of anilines is 1. The number of nitrogens with zero attached hydrogens (tertiary/aromatic N) is 1. The van der Waals surface area contributed by atoms with Crippen molar-refractivity contribution in [3.63, 3.8) is 0 Å². The summed E-state index contributed by atoms with van der Waals surface area (Å²) in [5.41, 5.74) is 5.47. The first-order valence-electron chi connectivity index (χ1n) is 5.49. The lowest BCUT2D eigenvalue weighted by molar-refractivity contribution is 0.350. The molecule has 0 bridgehead atoms. The molecule has 6 heteroatoms. The minimum atomic E-state index is -3.57. The van der Waals surface area contributed by atoms with Gasteiger partial charge in [-0.2, -0.15) is 0 Å². The van der Waals surface area contributed by atoms with Crippen LogP contribution >= 0.6 is 0 Å². The van der Waals surface area contributed by atoms with Crippen LogP contribution in [0.25, 0.3) is 0 Å². The van der Waals surface area contributed by atoms with Gasteiger partial charge in [-0.25, -0.2) is 18.1 Å². The molecular formula is C11H19N3O2S. The second kappa shape index (κ2) is 5.01. The molecule has 0 aromatic carbocycles. The lowest BCUT2D eigenvalue weighted by Gasteiger charge is -2.22. The molecule has 0 saturated carbocycles. The van der Waals surface area contributed by atoms with Crippen LogP contribution in [0, 0.1) is 5.41 Å². The maximum absolute atomic E-state index is 12.0. The van der Waals surface area contributed by atoms with Gasteiger partial charge in [-0.15, -0.1) is 0 Å². The van der Waals surface area contributed by atoms with Crippen molar-refractivity contribution < 1.29 is 8.42 Å². The Morgan fingerprint density at radius 2 is 2.12 bits per heavy atom. The largest absolute Gasteiger partial charge is 0.383 e. The first kappa shape index (κ1) is 13.9. The van der Waals surface area contributed by atoms with E-state index >= 15 is 0 Å². The van der Waals surface area contributed by atoms with E-state index in [0.29, 0.717) is 6.54 Å². The minimum absolute atomic E-state index is 0.0225. The molecule has 1 heterocycles. The monoisotopic (exact) mass is 257 g/mol. The summed E-state index contributed by atoms with van der Waals surface area (Å²) >= 11 is 0. The van der Waals surface area contributed by atoms with Crippen LogP contribution in [0.5, 0.6) is 0 Å². The van der Waals surface area contributed by atoms with Gasteiger partial charge in [0.25, 0.3) is 0 Å². The summed E-state index contributed by atoms with van der Waals surface area (Å²) in [5, 5.41) is 0. The van der Waals surface area contributed by atoms with E-state index in [1.54, 1.807) is 6.07 Å². The number of rotatable bonds is 5. The standard InChI is InChI=1S/C11H19N3O2S/c1-4-11(2,3)8-14-17(15,16)9-6-5-7-13-10(9)12/h5-7,14H,4,8H2,1-3H3,(H2,12,13). The van der Waals surface area contributed by atoms with Gasteiger partial charge in [0.15, 0.2) is 0 Å². The topological polar surface area (TPSA) is 85.1 Å². The minimum Gasteiger partial charge on any atom is -0.383 e. The maximum atomic E-state index is 12.0. The molecule has 17 heavy (non-hydrogen) atoms. The van der Waals surface area contributed by atoms with Crippen LogP contribution in [0.3, 0.4) is 0 Å². The van der Waals surface area contributed by atoms with Crippen molar-refractivity contribution in [1.29, 1.82) is 0 Å². The smallest absolute Gasteiger partial charge is 0.244 e. The molecule has 0 aliphatic rings. The third kappa shape index (κ3) is 3.67. The van der Waals surface area contributed by atoms with Crippen molar-refractivity contribution in [2.24, 2.45) is 5.41 Å². The van der Waals surface area contributed by atoms with Gasteiger partial charge >= 0.3 is 0 Å². The van der Waals surface area contributed by atoms with Gasteiger partial charge in [-0.3, -0.25) is 0 Å². The van der Waals surface area contributed by atoms with Gasteiger partial charge in [0, 0.05) is 12.7 Å². The van der Waals surface area contributed by atoms with E-state index in [1.165, 1.54) is 12.3 Å². The van der Waals surface area contributed by atoms with Crippen molar-refractivity contribution in [1.82, 2.24) is 9.71 Å². The van der Waals surface area contributed by atoms with Gasteiger partial charge in [0.05, 0.1) is 0 Å².